The first kappa shape index (κ1) is 16.4. The van der Waals surface area contributed by atoms with Crippen molar-refractivity contribution in [3.05, 3.63) is 34.3 Å². The monoisotopic (exact) mass is 319 g/mol. The van der Waals surface area contributed by atoms with E-state index < -0.39 is 0 Å². The van der Waals surface area contributed by atoms with Crippen LogP contribution in [-0.4, -0.2) is 22.7 Å². The maximum atomic E-state index is 11.7. The number of aromatic nitrogens is 2. The van der Waals surface area contributed by atoms with E-state index in [0.29, 0.717) is 18.2 Å². The van der Waals surface area contributed by atoms with Gasteiger partial charge in [0.15, 0.2) is 0 Å². The number of carbonyl (C=O) groups is 1. The molecule has 1 aromatic carbocycles. The predicted octanol–water partition coefficient (Wildman–Crippen LogP) is 3.65. The molecular weight excluding hydrogens is 298 g/mol. The molecule has 2 aromatic rings. The molecule has 22 heavy (non-hydrogen) atoms. The van der Waals surface area contributed by atoms with Crippen LogP contribution in [0.15, 0.2) is 18.2 Å². The van der Waals surface area contributed by atoms with Crippen molar-refractivity contribution in [2.24, 2.45) is 0 Å². The van der Waals surface area contributed by atoms with Crippen molar-refractivity contribution < 1.29 is 9.53 Å². The summed E-state index contributed by atoms with van der Waals surface area (Å²) in [7, 11) is 0. The molecule has 1 amide bonds. The van der Waals surface area contributed by atoms with Gasteiger partial charge in [0.1, 0.15) is 10.8 Å². The number of anilines is 1. The second-order valence-corrected chi connectivity index (χ2v) is 6.43. The van der Waals surface area contributed by atoms with E-state index in [4.69, 9.17) is 4.74 Å². The molecule has 0 aliphatic rings. The van der Waals surface area contributed by atoms with Crippen molar-refractivity contribution in [2.45, 2.75) is 40.0 Å². The van der Waals surface area contributed by atoms with Crippen LogP contribution in [0.1, 0.15) is 35.4 Å². The second kappa shape index (κ2) is 7.89. The van der Waals surface area contributed by atoms with Gasteiger partial charge >= 0.3 is 0 Å². The number of benzene rings is 1. The quantitative estimate of drug-likeness (QED) is 0.791. The zero-order chi connectivity index (χ0) is 15.9. The number of amides is 1. The largest absolute Gasteiger partial charge is 0.493 e. The fourth-order valence-electron chi connectivity index (χ4n) is 1.96. The van der Waals surface area contributed by atoms with Gasteiger partial charge in [-0.25, -0.2) is 0 Å². The van der Waals surface area contributed by atoms with Crippen LogP contribution in [0, 0.1) is 20.8 Å². The SMILES string of the molecule is Cc1ccc(C)c(OCCCCC(=O)Nc2nnc(C)s2)c1. The van der Waals surface area contributed by atoms with E-state index >= 15 is 0 Å². The average Bonchev–Trinajstić information content (AvgIpc) is 2.87. The standard InChI is InChI=1S/C16H21N3O2S/c1-11-7-8-12(2)14(10-11)21-9-5-4-6-15(20)17-16-19-18-13(3)22-16/h7-8,10H,4-6,9H2,1-3H3,(H,17,19,20). The highest BCUT2D eigenvalue weighted by atomic mass is 32.1. The van der Waals surface area contributed by atoms with Crippen molar-refractivity contribution in [3.8, 4) is 5.75 Å². The van der Waals surface area contributed by atoms with E-state index in [-0.39, 0.29) is 5.91 Å². The van der Waals surface area contributed by atoms with Crippen molar-refractivity contribution in [1.29, 1.82) is 0 Å². The Morgan fingerprint density at radius 1 is 1.23 bits per heavy atom. The highest BCUT2D eigenvalue weighted by molar-refractivity contribution is 7.15. The lowest BCUT2D eigenvalue weighted by molar-refractivity contribution is -0.116. The number of unbranched alkanes of at least 4 members (excludes halogenated alkanes) is 1. The summed E-state index contributed by atoms with van der Waals surface area (Å²) in [6.45, 7) is 6.56. The minimum atomic E-state index is -0.0251. The van der Waals surface area contributed by atoms with Crippen LogP contribution in [-0.2, 0) is 4.79 Å². The third-order valence-electron chi connectivity index (χ3n) is 3.17. The smallest absolute Gasteiger partial charge is 0.226 e. The average molecular weight is 319 g/mol. The second-order valence-electron chi connectivity index (χ2n) is 5.25. The third kappa shape index (κ3) is 5.11. The van der Waals surface area contributed by atoms with Crippen LogP contribution in [0.25, 0.3) is 0 Å². The Morgan fingerprint density at radius 3 is 2.77 bits per heavy atom. The molecule has 0 aliphatic carbocycles. The minimum absolute atomic E-state index is 0.0251. The van der Waals surface area contributed by atoms with Crippen LogP contribution in [0.2, 0.25) is 0 Å². The van der Waals surface area contributed by atoms with Gasteiger partial charge in [0.05, 0.1) is 6.61 Å². The summed E-state index contributed by atoms with van der Waals surface area (Å²) in [4.78, 5) is 11.7. The highest BCUT2D eigenvalue weighted by Gasteiger charge is 2.06. The molecule has 2 rings (SSSR count). The molecule has 0 unspecified atom stereocenters. The summed E-state index contributed by atoms with van der Waals surface area (Å²) in [5.41, 5.74) is 2.32. The Kier molecular flexibility index (Phi) is 5.89. The number of hydrogen-bond acceptors (Lipinski definition) is 5. The van der Waals surface area contributed by atoms with Crippen molar-refractivity contribution >= 4 is 22.4 Å². The fraction of sp³-hybridized carbons (Fsp3) is 0.438. The Labute approximate surface area is 134 Å². The maximum absolute atomic E-state index is 11.7. The number of nitrogens with one attached hydrogen (secondary N) is 1. The van der Waals surface area contributed by atoms with Gasteiger partial charge in [-0.1, -0.05) is 23.5 Å². The van der Waals surface area contributed by atoms with E-state index in [9.17, 15) is 4.79 Å². The Balaban J connectivity index is 1.64. The lowest BCUT2D eigenvalue weighted by Gasteiger charge is -2.09. The molecule has 0 spiro atoms. The molecule has 0 fully saturated rings. The van der Waals surface area contributed by atoms with Gasteiger partial charge in [0.2, 0.25) is 11.0 Å². The van der Waals surface area contributed by atoms with Crippen LogP contribution in [0.4, 0.5) is 5.13 Å². The number of hydrogen-bond donors (Lipinski definition) is 1. The van der Waals surface area contributed by atoms with Gasteiger partial charge in [0, 0.05) is 6.42 Å². The molecule has 0 bridgehead atoms. The zero-order valence-corrected chi connectivity index (χ0v) is 14.0. The van der Waals surface area contributed by atoms with Crippen molar-refractivity contribution in [1.82, 2.24) is 10.2 Å². The Morgan fingerprint density at radius 2 is 2.05 bits per heavy atom. The van der Waals surface area contributed by atoms with Gasteiger partial charge in [-0.2, -0.15) is 0 Å². The predicted molar refractivity (Wildman–Crippen MR) is 88.5 cm³/mol. The van der Waals surface area contributed by atoms with Gasteiger partial charge in [-0.05, 0) is 50.8 Å². The third-order valence-corrected chi connectivity index (χ3v) is 3.93. The molecule has 1 N–H and O–H groups in total. The molecule has 1 aromatic heterocycles. The van der Waals surface area contributed by atoms with Crippen LogP contribution in [0.5, 0.6) is 5.75 Å². The normalized spacial score (nSPS) is 10.5. The minimum Gasteiger partial charge on any atom is -0.493 e. The zero-order valence-electron chi connectivity index (χ0n) is 13.2. The number of rotatable bonds is 7. The van der Waals surface area contributed by atoms with E-state index in [1.165, 1.54) is 16.9 Å². The summed E-state index contributed by atoms with van der Waals surface area (Å²) < 4.78 is 5.77. The summed E-state index contributed by atoms with van der Waals surface area (Å²) in [5, 5.41) is 11.9. The summed E-state index contributed by atoms with van der Waals surface area (Å²) in [6, 6.07) is 6.17. The molecule has 0 atom stereocenters. The van der Waals surface area contributed by atoms with E-state index in [2.05, 4.69) is 27.6 Å². The fourth-order valence-corrected chi connectivity index (χ4v) is 2.57. The Hall–Kier alpha value is -1.95. The first-order valence-corrected chi connectivity index (χ1v) is 8.16. The maximum Gasteiger partial charge on any atom is 0.226 e. The molecule has 1 heterocycles. The summed E-state index contributed by atoms with van der Waals surface area (Å²) in [6.07, 6.45) is 2.10. The summed E-state index contributed by atoms with van der Waals surface area (Å²) in [5.74, 6) is 0.900. The molecule has 0 radical (unpaired) electrons. The molecule has 6 heteroatoms. The van der Waals surface area contributed by atoms with Crippen LogP contribution < -0.4 is 10.1 Å². The first-order valence-electron chi connectivity index (χ1n) is 7.34. The van der Waals surface area contributed by atoms with Gasteiger partial charge < -0.3 is 10.1 Å². The van der Waals surface area contributed by atoms with Crippen molar-refractivity contribution in [3.63, 3.8) is 0 Å². The van der Waals surface area contributed by atoms with Crippen LogP contribution >= 0.6 is 11.3 Å². The molecular formula is C16H21N3O2S. The number of aryl methyl sites for hydroxylation is 3. The lowest BCUT2D eigenvalue weighted by atomic mass is 10.1. The van der Waals surface area contributed by atoms with E-state index in [0.717, 1.165) is 29.2 Å². The van der Waals surface area contributed by atoms with Crippen LogP contribution in [0.3, 0.4) is 0 Å². The van der Waals surface area contributed by atoms with Gasteiger partial charge in [0.25, 0.3) is 0 Å². The molecule has 5 nitrogen and oxygen atoms in total. The first-order chi connectivity index (χ1) is 10.5. The van der Waals surface area contributed by atoms with E-state index in [1.54, 1.807) is 0 Å². The molecule has 0 saturated carbocycles. The number of nitrogens with zero attached hydrogens (tertiary/aromatic N) is 2. The van der Waals surface area contributed by atoms with Gasteiger partial charge in [-0.15, -0.1) is 10.2 Å². The molecule has 0 aliphatic heterocycles. The Bertz CT molecular complexity index is 640. The lowest BCUT2D eigenvalue weighted by Crippen LogP contribution is -2.11. The van der Waals surface area contributed by atoms with E-state index in [1.807, 2.05) is 26.8 Å². The van der Waals surface area contributed by atoms with Gasteiger partial charge in [-0.3, -0.25) is 4.79 Å². The number of carbonyl (C=O) groups excluding carboxylic acids is 1. The molecule has 0 saturated heterocycles. The highest BCUT2D eigenvalue weighted by Crippen LogP contribution is 2.19. The number of ether oxygens (including phenoxy) is 1. The summed E-state index contributed by atoms with van der Waals surface area (Å²) >= 11 is 1.38. The molecule has 118 valence electrons. The van der Waals surface area contributed by atoms with Crippen molar-refractivity contribution in [2.75, 3.05) is 11.9 Å². The topological polar surface area (TPSA) is 64.1 Å².